The van der Waals surface area contributed by atoms with Gasteiger partial charge in [0, 0.05) is 0 Å². The summed E-state index contributed by atoms with van der Waals surface area (Å²) in [6.45, 7) is 14.4. The first-order chi connectivity index (χ1) is 13.7. The van der Waals surface area contributed by atoms with Gasteiger partial charge >= 0.3 is 0 Å². The van der Waals surface area contributed by atoms with Crippen molar-refractivity contribution in [2.45, 2.75) is 98.5 Å². The van der Waals surface area contributed by atoms with Gasteiger partial charge in [-0.15, -0.1) is 0 Å². The van der Waals surface area contributed by atoms with Gasteiger partial charge in [-0.3, -0.25) is 0 Å². The van der Waals surface area contributed by atoms with Gasteiger partial charge in [0.2, 0.25) is 0 Å². The zero-order chi connectivity index (χ0) is 20.9. The van der Waals surface area contributed by atoms with Gasteiger partial charge in [0.15, 0.2) is 0 Å². The highest BCUT2D eigenvalue weighted by Gasteiger charge is 2.51. The van der Waals surface area contributed by atoms with Crippen molar-refractivity contribution >= 4 is 0 Å². The van der Waals surface area contributed by atoms with E-state index in [1.807, 2.05) is 0 Å². The van der Waals surface area contributed by atoms with Crippen LogP contribution in [0.25, 0.3) is 0 Å². The first-order valence-electron chi connectivity index (χ1n) is 12.2. The molecule has 1 N–H and O–H groups in total. The number of hydrogen-bond donors (Lipinski definition) is 1. The number of aliphatic hydroxyl groups is 1. The lowest BCUT2D eigenvalue weighted by Crippen LogP contribution is -2.35. The molecular formula is C28H42O. The van der Waals surface area contributed by atoms with Gasteiger partial charge in [-0.1, -0.05) is 52.8 Å². The Labute approximate surface area is 179 Å². The quantitative estimate of drug-likeness (QED) is 0.558. The number of fused-ring (bicyclic) bond motifs is 4. The molecule has 0 radical (unpaired) electrons. The molecule has 1 saturated carbocycles. The minimum absolute atomic E-state index is 0.139. The second-order valence-electron chi connectivity index (χ2n) is 11.2. The average molecular weight is 395 g/mol. The minimum atomic E-state index is -0.139. The normalized spacial score (nSPS) is 33.4. The van der Waals surface area contributed by atoms with Crippen molar-refractivity contribution in [2.75, 3.05) is 0 Å². The summed E-state index contributed by atoms with van der Waals surface area (Å²) < 4.78 is 0. The number of aliphatic hydroxyl groups excluding tert-OH is 1. The summed E-state index contributed by atoms with van der Waals surface area (Å²) in [5, 5.41) is 10.2. The summed E-state index contributed by atoms with van der Waals surface area (Å²) in [5.41, 5.74) is 8.32. The molecule has 160 valence electrons. The lowest BCUT2D eigenvalue weighted by atomic mass is 9.60. The third-order valence-corrected chi connectivity index (χ3v) is 9.26. The van der Waals surface area contributed by atoms with Crippen molar-refractivity contribution < 1.29 is 5.11 Å². The molecular weight excluding hydrogens is 352 g/mol. The Morgan fingerprint density at radius 1 is 1.03 bits per heavy atom. The van der Waals surface area contributed by atoms with Gasteiger partial charge in [0.05, 0.1) is 6.10 Å². The van der Waals surface area contributed by atoms with E-state index in [2.05, 4.69) is 59.8 Å². The Morgan fingerprint density at radius 3 is 2.52 bits per heavy atom. The minimum Gasteiger partial charge on any atom is -0.393 e. The lowest BCUT2D eigenvalue weighted by Gasteiger charge is -2.45. The molecule has 29 heavy (non-hydrogen) atoms. The largest absolute Gasteiger partial charge is 0.393 e. The van der Waals surface area contributed by atoms with Gasteiger partial charge in [0.1, 0.15) is 0 Å². The Bertz CT molecular complexity index is 788. The zero-order valence-corrected chi connectivity index (χ0v) is 19.6. The molecule has 0 saturated heterocycles. The molecule has 0 aliphatic heterocycles. The Morgan fingerprint density at radius 2 is 1.79 bits per heavy atom. The summed E-state index contributed by atoms with van der Waals surface area (Å²) in [4.78, 5) is 0. The second kappa shape index (κ2) is 7.88. The molecule has 1 aromatic rings. The van der Waals surface area contributed by atoms with Crippen LogP contribution >= 0.6 is 0 Å². The summed E-state index contributed by atoms with van der Waals surface area (Å²) >= 11 is 0. The molecule has 0 unspecified atom stereocenters. The van der Waals surface area contributed by atoms with E-state index in [1.165, 1.54) is 31.2 Å². The van der Waals surface area contributed by atoms with E-state index in [9.17, 15) is 5.11 Å². The van der Waals surface area contributed by atoms with E-state index < -0.39 is 0 Å². The number of benzene rings is 1. The third kappa shape index (κ3) is 3.62. The van der Waals surface area contributed by atoms with Crippen molar-refractivity contribution in [3.05, 3.63) is 46.0 Å². The van der Waals surface area contributed by atoms with Crippen molar-refractivity contribution in [3.63, 3.8) is 0 Å². The Balaban J connectivity index is 1.63. The fourth-order valence-electron chi connectivity index (χ4n) is 6.94. The first kappa shape index (κ1) is 21.2. The van der Waals surface area contributed by atoms with Crippen molar-refractivity contribution in [2.24, 2.45) is 29.1 Å². The fourth-order valence-corrected chi connectivity index (χ4v) is 6.94. The standard InChI is InChI=1S/C28H42O/c1-17(2)18(3)7-8-19(4)26-11-12-27-25-16-21-15-22(29)9-10-23(21)20(5)24(25)13-14-28(26,27)6/h7-8,16-19,22,26-27,29H,9-15H2,1-6H3/b8-7+/t18-,19+,22-,26-,27-,28-/m1/s1. The van der Waals surface area contributed by atoms with E-state index in [0.717, 1.165) is 31.1 Å². The number of allylic oxidation sites excluding steroid dienone is 2. The fraction of sp³-hybridized carbons (Fsp3) is 0.714. The van der Waals surface area contributed by atoms with E-state index in [-0.39, 0.29) is 6.10 Å². The van der Waals surface area contributed by atoms with Crippen molar-refractivity contribution in [1.29, 1.82) is 0 Å². The molecule has 6 atom stereocenters. The predicted molar refractivity (Wildman–Crippen MR) is 123 cm³/mol. The number of hydrogen-bond acceptors (Lipinski definition) is 1. The summed E-state index contributed by atoms with van der Waals surface area (Å²) in [5.74, 6) is 3.54. The zero-order valence-electron chi connectivity index (χ0n) is 19.6. The van der Waals surface area contributed by atoms with Gasteiger partial charge in [-0.25, -0.2) is 0 Å². The van der Waals surface area contributed by atoms with Gasteiger partial charge < -0.3 is 5.11 Å². The average Bonchev–Trinajstić information content (AvgIpc) is 3.03. The molecule has 0 amide bonds. The van der Waals surface area contributed by atoms with E-state index in [0.29, 0.717) is 23.2 Å². The molecule has 0 bridgehead atoms. The second-order valence-corrected chi connectivity index (χ2v) is 11.2. The monoisotopic (exact) mass is 394 g/mol. The molecule has 0 heterocycles. The lowest BCUT2D eigenvalue weighted by molar-refractivity contribution is 0.141. The van der Waals surface area contributed by atoms with Gasteiger partial charge in [-0.05, 0) is 115 Å². The summed E-state index contributed by atoms with van der Waals surface area (Å²) in [6.07, 6.45) is 13.0. The maximum Gasteiger partial charge on any atom is 0.0583 e. The summed E-state index contributed by atoms with van der Waals surface area (Å²) in [7, 11) is 0. The molecule has 0 aromatic heterocycles. The van der Waals surface area contributed by atoms with E-state index >= 15 is 0 Å². The molecule has 4 rings (SSSR count). The van der Waals surface area contributed by atoms with Crippen molar-refractivity contribution in [3.8, 4) is 0 Å². The maximum atomic E-state index is 10.2. The highest BCUT2D eigenvalue weighted by molar-refractivity contribution is 5.50. The Hall–Kier alpha value is -1.08. The van der Waals surface area contributed by atoms with Gasteiger partial charge in [-0.2, -0.15) is 0 Å². The van der Waals surface area contributed by atoms with Crippen LogP contribution in [0.4, 0.5) is 0 Å². The van der Waals surface area contributed by atoms with Crippen LogP contribution in [0.15, 0.2) is 18.2 Å². The van der Waals surface area contributed by atoms with E-state index in [1.54, 1.807) is 22.3 Å². The van der Waals surface area contributed by atoms with Crippen LogP contribution in [-0.4, -0.2) is 11.2 Å². The third-order valence-electron chi connectivity index (χ3n) is 9.26. The molecule has 1 heteroatoms. The van der Waals surface area contributed by atoms with Crippen LogP contribution in [-0.2, 0) is 19.3 Å². The first-order valence-corrected chi connectivity index (χ1v) is 12.2. The van der Waals surface area contributed by atoms with Crippen LogP contribution in [0.2, 0.25) is 0 Å². The van der Waals surface area contributed by atoms with Crippen LogP contribution < -0.4 is 0 Å². The highest BCUT2D eigenvalue weighted by Crippen LogP contribution is 2.61. The SMILES string of the molecule is Cc1c2c(cc3c1CC[C@@]1(C)[C@@H]3CC[C@@H]1[C@@H](C)/C=C/[C@@H](C)C(C)C)C[C@H](O)CC2. The maximum absolute atomic E-state index is 10.2. The highest BCUT2D eigenvalue weighted by atomic mass is 16.3. The summed E-state index contributed by atoms with van der Waals surface area (Å²) in [6, 6.07) is 2.53. The molecule has 1 fully saturated rings. The van der Waals surface area contributed by atoms with Gasteiger partial charge in [0.25, 0.3) is 0 Å². The molecule has 1 nitrogen and oxygen atoms in total. The van der Waals surface area contributed by atoms with E-state index in [4.69, 9.17) is 0 Å². The van der Waals surface area contributed by atoms with Crippen LogP contribution in [0.5, 0.6) is 0 Å². The van der Waals surface area contributed by atoms with Crippen LogP contribution in [0.1, 0.15) is 94.0 Å². The van der Waals surface area contributed by atoms with Crippen LogP contribution in [0, 0.1) is 36.0 Å². The topological polar surface area (TPSA) is 20.2 Å². The molecule has 1 aromatic carbocycles. The molecule has 3 aliphatic carbocycles. The predicted octanol–water partition coefficient (Wildman–Crippen LogP) is 6.78. The van der Waals surface area contributed by atoms with Crippen molar-refractivity contribution in [1.82, 2.24) is 0 Å². The smallest absolute Gasteiger partial charge is 0.0583 e. The van der Waals surface area contributed by atoms with Crippen LogP contribution in [0.3, 0.4) is 0 Å². The molecule has 0 spiro atoms. The number of rotatable bonds is 4. The Kier molecular flexibility index (Phi) is 5.75. The molecule has 3 aliphatic rings.